The van der Waals surface area contributed by atoms with Crippen molar-refractivity contribution in [3.63, 3.8) is 0 Å². The Hall–Kier alpha value is -0.450. The molecular formula is C14H24N2OS. The van der Waals surface area contributed by atoms with Gasteiger partial charge in [-0.3, -0.25) is 0 Å². The molecule has 1 aromatic heterocycles. The molecule has 0 spiro atoms. The van der Waals surface area contributed by atoms with E-state index in [2.05, 4.69) is 38.1 Å². The first kappa shape index (κ1) is 14.0. The van der Waals surface area contributed by atoms with Crippen LogP contribution in [0.2, 0.25) is 0 Å². The lowest BCUT2D eigenvalue weighted by atomic mass is 9.82. The first-order valence-electron chi connectivity index (χ1n) is 6.66. The summed E-state index contributed by atoms with van der Waals surface area (Å²) >= 11 is 1.76. The van der Waals surface area contributed by atoms with E-state index >= 15 is 0 Å². The Kier molecular flexibility index (Phi) is 4.09. The van der Waals surface area contributed by atoms with Gasteiger partial charge in [0.05, 0.1) is 16.8 Å². The molecule has 1 N–H and O–H groups in total. The summed E-state index contributed by atoms with van der Waals surface area (Å²) in [5.41, 5.74) is 1.33. The van der Waals surface area contributed by atoms with Crippen molar-refractivity contribution >= 4 is 11.3 Å². The van der Waals surface area contributed by atoms with Crippen molar-refractivity contribution in [3.8, 4) is 0 Å². The predicted molar refractivity (Wildman–Crippen MR) is 75.9 cm³/mol. The number of aromatic nitrogens is 1. The molecule has 102 valence electrons. The third kappa shape index (κ3) is 3.53. The molecule has 0 unspecified atom stereocenters. The van der Waals surface area contributed by atoms with E-state index in [0.29, 0.717) is 5.92 Å². The number of rotatable bonds is 4. The fourth-order valence-corrected chi connectivity index (χ4v) is 3.25. The maximum Gasteiger partial charge on any atom is 0.0982 e. The smallest absolute Gasteiger partial charge is 0.0982 e. The Labute approximate surface area is 114 Å². The van der Waals surface area contributed by atoms with E-state index in [0.717, 1.165) is 25.9 Å². The zero-order valence-electron chi connectivity index (χ0n) is 11.8. The average Bonchev–Trinajstić information content (AvgIpc) is 2.63. The molecule has 1 saturated carbocycles. The summed E-state index contributed by atoms with van der Waals surface area (Å²) in [5.74, 6) is 0.672. The van der Waals surface area contributed by atoms with Crippen LogP contribution in [0.15, 0.2) is 5.38 Å². The third-order valence-corrected chi connectivity index (χ3v) is 4.72. The number of thiazole rings is 1. The summed E-state index contributed by atoms with van der Waals surface area (Å²) in [5, 5.41) is 12.7. The zero-order chi connectivity index (χ0) is 13.3. The highest BCUT2D eigenvalue weighted by Crippen LogP contribution is 2.29. The van der Waals surface area contributed by atoms with Gasteiger partial charge in [-0.25, -0.2) is 4.98 Å². The van der Waals surface area contributed by atoms with Gasteiger partial charge in [-0.05, 0) is 25.8 Å². The molecule has 4 heteroatoms. The first-order chi connectivity index (χ1) is 8.34. The van der Waals surface area contributed by atoms with Gasteiger partial charge >= 0.3 is 0 Å². The maximum absolute atomic E-state index is 9.28. The van der Waals surface area contributed by atoms with Crippen LogP contribution in [-0.2, 0) is 12.0 Å². The van der Waals surface area contributed by atoms with Crippen LogP contribution in [0.4, 0.5) is 0 Å². The van der Waals surface area contributed by atoms with Crippen molar-refractivity contribution < 1.29 is 5.11 Å². The van der Waals surface area contributed by atoms with E-state index < -0.39 is 0 Å². The average molecular weight is 268 g/mol. The van der Waals surface area contributed by atoms with Gasteiger partial charge in [0.2, 0.25) is 0 Å². The standard InChI is InChI=1S/C14H24N2OS/c1-14(2,3)13-15-11(9-18-13)8-16(4)7-10-5-12(17)6-10/h9-10,12,17H,5-8H2,1-4H3. The highest BCUT2D eigenvalue weighted by Gasteiger charge is 2.28. The van der Waals surface area contributed by atoms with Crippen LogP contribution >= 0.6 is 11.3 Å². The van der Waals surface area contributed by atoms with E-state index in [-0.39, 0.29) is 11.5 Å². The van der Waals surface area contributed by atoms with Crippen LogP contribution in [0, 0.1) is 5.92 Å². The molecule has 0 bridgehead atoms. The van der Waals surface area contributed by atoms with E-state index in [4.69, 9.17) is 4.98 Å². The molecule has 1 aromatic rings. The second-order valence-corrected chi connectivity index (χ2v) is 7.44. The Morgan fingerprint density at radius 2 is 2.11 bits per heavy atom. The summed E-state index contributed by atoms with van der Waals surface area (Å²) < 4.78 is 0. The molecule has 0 saturated heterocycles. The van der Waals surface area contributed by atoms with Gasteiger partial charge in [0.25, 0.3) is 0 Å². The molecule has 1 heterocycles. The fraction of sp³-hybridized carbons (Fsp3) is 0.786. The zero-order valence-corrected chi connectivity index (χ0v) is 12.6. The summed E-state index contributed by atoms with van der Waals surface area (Å²) in [6, 6.07) is 0. The Morgan fingerprint density at radius 3 is 2.61 bits per heavy atom. The number of hydrogen-bond donors (Lipinski definition) is 1. The van der Waals surface area contributed by atoms with Crippen molar-refractivity contribution in [1.82, 2.24) is 9.88 Å². The van der Waals surface area contributed by atoms with Crippen molar-refractivity contribution in [2.75, 3.05) is 13.6 Å². The van der Waals surface area contributed by atoms with Gasteiger partial charge < -0.3 is 10.0 Å². The topological polar surface area (TPSA) is 36.4 Å². The van der Waals surface area contributed by atoms with Gasteiger partial charge in [-0.2, -0.15) is 0 Å². The normalized spacial score (nSPS) is 24.3. The molecule has 0 amide bonds. The van der Waals surface area contributed by atoms with Gasteiger partial charge in [-0.15, -0.1) is 11.3 Å². The Morgan fingerprint density at radius 1 is 1.44 bits per heavy atom. The predicted octanol–water partition coefficient (Wildman–Crippen LogP) is 2.64. The minimum Gasteiger partial charge on any atom is -0.393 e. The van der Waals surface area contributed by atoms with Crippen LogP contribution in [0.25, 0.3) is 0 Å². The SMILES string of the molecule is CN(Cc1csc(C(C)(C)C)n1)CC1CC(O)C1. The molecule has 18 heavy (non-hydrogen) atoms. The van der Waals surface area contributed by atoms with E-state index in [1.165, 1.54) is 10.7 Å². The van der Waals surface area contributed by atoms with Crippen LogP contribution in [0.1, 0.15) is 44.3 Å². The van der Waals surface area contributed by atoms with Gasteiger partial charge in [0.15, 0.2) is 0 Å². The summed E-state index contributed by atoms with van der Waals surface area (Å²) in [6.45, 7) is 8.60. The Bertz CT molecular complexity index is 391. The highest BCUT2D eigenvalue weighted by molar-refractivity contribution is 7.09. The second-order valence-electron chi connectivity index (χ2n) is 6.58. The molecule has 0 atom stereocenters. The van der Waals surface area contributed by atoms with Crippen molar-refractivity contribution in [3.05, 3.63) is 16.1 Å². The van der Waals surface area contributed by atoms with E-state index in [9.17, 15) is 5.11 Å². The molecule has 0 radical (unpaired) electrons. The minimum atomic E-state index is -0.0461. The van der Waals surface area contributed by atoms with Crippen LogP contribution in [0.3, 0.4) is 0 Å². The fourth-order valence-electron chi connectivity index (χ4n) is 2.36. The summed E-state index contributed by atoms with van der Waals surface area (Å²) in [6.07, 6.45) is 1.89. The molecule has 1 aliphatic rings. The molecule has 0 aliphatic heterocycles. The molecule has 3 nitrogen and oxygen atoms in total. The van der Waals surface area contributed by atoms with Crippen LogP contribution in [0.5, 0.6) is 0 Å². The van der Waals surface area contributed by atoms with Crippen LogP contribution < -0.4 is 0 Å². The summed E-state index contributed by atoms with van der Waals surface area (Å²) in [4.78, 5) is 7.03. The van der Waals surface area contributed by atoms with Crippen molar-refractivity contribution in [2.45, 2.75) is 51.7 Å². The monoisotopic (exact) mass is 268 g/mol. The van der Waals surface area contributed by atoms with Crippen molar-refractivity contribution in [2.24, 2.45) is 5.92 Å². The van der Waals surface area contributed by atoms with Crippen LogP contribution in [-0.4, -0.2) is 34.7 Å². The number of aliphatic hydroxyl groups is 1. The lowest BCUT2D eigenvalue weighted by Crippen LogP contribution is -2.36. The van der Waals surface area contributed by atoms with Gasteiger partial charge in [0, 0.05) is 23.9 Å². The molecule has 1 aliphatic carbocycles. The number of aliphatic hydroxyl groups excluding tert-OH is 1. The molecule has 0 aromatic carbocycles. The molecule has 1 fully saturated rings. The third-order valence-electron chi connectivity index (χ3n) is 3.41. The van der Waals surface area contributed by atoms with Gasteiger partial charge in [-0.1, -0.05) is 20.8 Å². The van der Waals surface area contributed by atoms with E-state index in [1.807, 2.05) is 0 Å². The number of hydrogen-bond acceptors (Lipinski definition) is 4. The summed E-state index contributed by atoms with van der Waals surface area (Å²) in [7, 11) is 2.14. The minimum absolute atomic E-state index is 0.0461. The molecule has 2 rings (SSSR count). The molecular weight excluding hydrogens is 244 g/mol. The van der Waals surface area contributed by atoms with Gasteiger partial charge in [0.1, 0.15) is 0 Å². The lowest BCUT2D eigenvalue weighted by molar-refractivity contribution is 0.0272. The largest absolute Gasteiger partial charge is 0.393 e. The maximum atomic E-state index is 9.28. The first-order valence-corrected chi connectivity index (χ1v) is 7.54. The number of nitrogens with zero attached hydrogens (tertiary/aromatic N) is 2. The Balaban J connectivity index is 1.83. The second kappa shape index (κ2) is 5.27. The van der Waals surface area contributed by atoms with E-state index in [1.54, 1.807) is 11.3 Å². The highest BCUT2D eigenvalue weighted by atomic mass is 32.1. The quantitative estimate of drug-likeness (QED) is 0.912. The lowest BCUT2D eigenvalue weighted by Gasteiger charge is -2.34. The van der Waals surface area contributed by atoms with Crippen molar-refractivity contribution in [1.29, 1.82) is 0 Å².